The third-order valence-corrected chi connectivity index (χ3v) is 3.11. The van der Waals surface area contributed by atoms with Crippen LogP contribution in [0.3, 0.4) is 0 Å². The molecule has 0 N–H and O–H groups in total. The molecule has 7 heteroatoms. The molecule has 1 aliphatic rings. The van der Waals surface area contributed by atoms with Gasteiger partial charge >= 0.3 is 6.02 Å². The number of pyridine rings is 1. The van der Waals surface area contributed by atoms with E-state index in [4.69, 9.17) is 4.84 Å². The first-order valence-electron chi connectivity index (χ1n) is 6.40. The molecule has 7 nitrogen and oxygen atoms in total. The van der Waals surface area contributed by atoms with E-state index in [2.05, 4.69) is 20.2 Å². The lowest BCUT2D eigenvalue weighted by molar-refractivity contribution is -0.481. The molecular weight excluding hydrogens is 244 g/mol. The molecule has 2 aromatic rings. The van der Waals surface area contributed by atoms with Crippen LogP contribution in [0.1, 0.15) is 12.8 Å². The predicted octanol–water partition coefficient (Wildman–Crippen LogP) is -0.0212. The molecule has 3 heterocycles. The van der Waals surface area contributed by atoms with Crippen molar-refractivity contribution in [1.82, 2.24) is 25.0 Å². The van der Waals surface area contributed by atoms with Gasteiger partial charge in [-0.2, -0.15) is 0 Å². The molecule has 0 aliphatic carbocycles. The van der Waals surface area contributed by atoms with Crippen LogP contribution in [0.25, 0.3) is 11.2 Å². The second-order valence-electron chi connectivity index (χ2n) is 4.77. The van der Waals surface area contributed by atoms with Crippen LogP contribution in [0.15, 0.2) is 18.3 Å². The zero-order valence-corrected chi connectivity index (χ0v) is 11.2. The highest BCUT2D eigenvalue weighted by molar-refractivity contribution is 5.72. The molecule has 0 unspecified atom stereocenters. The van der Waals surface area contributed by atoms with E-state index in [1.54, 1.807) is 6.20 Å². The smallest absolute Gasteiger partial charge is 0.277 e. The van der Waals surface area contributed by atoms with Crippen molar-refractivity contribution >= 4 is 17.2 Å². The first-order chi connectivity index (χ1) is 9.25. The summed E-state index contributed by atoms with van der Waals surface area (Å²) in [5.41, 5.74) is 1.35. The van der Waals surface area contributed by atoms with Gasteiger partial charge in [-0.1, -0.05) is 0 Å². The van der Waals surface area contributed by atoms with Crippen LogP contribution in [-0.2, 0) is 0 Å². The van der Waals surface area contributed by atoms with Crippen LogP contribution in [0, 0.1) is 0 Å². The van der Waals surface area contributed by atoms with E-state index >= 15 is 0 Å². The fraction of sp³-hybridized carbons (Fsp3) is 0.500. The maximum Gasteiger partial charge on any atom is 0.472 e. The van der Waals surface area contributed by atoms with Gasteiger partial charge in [-0.05, 0) is 35.0 Å². The van der Waals surface area contributed by atoms with Gasteiger partial charge in [0.25, 0.3) is 0 Å². The minimum atomic E-state index is 0.626. The van der Waals surface area contributed by atoms with Gasteiger partial charge in [0, 0.05) is 6.20 Å². The summed E-state index contributed by atoms with van der Waals surface area (Å²) in [4.78, 5) is 13.7. The van der Waals surface area contributed by atoms with Crippen molar-refractivity contribution in [3.8, 4) is 0 Å². The summed E-state index contributed by atoms with van der Waals surface area (Å²) in [6.07, 6.45) is 4.09. The maximum atomic E-state index is 5.86. The Morgan fingerprint density at radius 1 is 1.32 bits per heavy atom. The number of likely N-dealkylation sites (tertiary alicyclic amines) is 1. The lowest BCUT2D eigenvalue weighted by Crippen LogP contribution is -2.42. The Morgan fingerprint density at radius 3 is 2.84 bits per heavy atom. The molecule has 19 heavy (non-hydrogen) atoms. The molecule has 0 aromatic carbocycles. The number of hydrogen-bond donors (Lipinski definition) is 0. The van der Waals surface area contributed by atoms with Crippen LogP contribution in [0.4, 0.5) is 0 Å². The topological polar surface area (TPSA) is 59.1 Å². The van der Waals surface area contributed by atoms with E-state index in [1.807, 2.05) is 30.8 Å². The summed E-state index contributed by atoms with van der Waals surface area (Å²) < 4.78 is 1.95. The fourth-order valence-electron chi connectivity index (χ4n) is 2.21. The highest BCUT2D eigenvalue weighted by atomic mass is 16.7. The van der Waals surface area contributed by atoms with Gasteiger partial charge in [0.05, 0.1) is 27.2 Å². The van der Waals surface area contributed by atoms with Gasteiger partial charge in [0.15, 0.2) is 0 Å². The Balaban J connectivity index is 1.92. The molecule has 1 aliphatic heterocycles. The Kier molecular flexibility index (Phi) is 3.02. The van der Waals surface area contributed by atoms with E-state index in [9.17, 15) is 0 Å². The van der Waals surface area contributed by atoms with Gasteiger partial charge < -0.3 is 0 Å². The highest BCUT2D eigenvalue weighted by Crippen LogP contribution is 2.09. The second kappa shape index (κ2) is 4.83. The van der Waals surface area contributed by atoms with Gasteiger partial charge in [0.1, 0.15) is 5.52 Å². The number of nitrogens with zero attached hydrogens (tertiary/aromatic N) is 6. The number of amidine groups is 1. The number of fused-ring (bicyclic) bond motifs is 1. The van der Waals surface area contributed by atoms with Crippen LogP contribution < -0.4 is 4.84 Å². The summed E-state index contributed by atoms with van der Waals surface area (Å²) in [7, 11) is 3.92. The van der Waals surface area contributed by atoms with Crippen molar-refractivity contribution in [2.45, 2.75) is 12.8 Å². The predicted molar refractivity (Wildman–Crippen MR) is 69.8 cm³/mol. The summed E-state index contributed by atoms with van der Waals surface area (Å²) in [6.45, 7) is 2.02. The normalized spacial score (nSPS) is 14.9. The second-order valence-corrected chi connectivity index (χ2v) is 4.77. The minimum Gasteiger partial charge on any atom is -0.277 e. The third kappa shape index (κ3) is 2.23. The zero-order chi connectivity index (χ0) is 13.2. The lowest BCUT2D eigenvalue weighted by atomic mass is 10.4. The Bertz CT molecular complexity index is 609. The molecule has 0 atom stereocenters. The van der Waals surface area contributed by atoms with Crippen molar-refractivity contribution in [3.63, 3.8) is 0 Å². The summed E-state index contributed by atoms with van der Waals surface area (Å²) >= 11 is 0. The van der Waals surface area contributed by atoms with Gasteiger partial charge in [0.2, 0.25) is 5.65 Å². The fourth-order valence-corrected chi connectivity index (χ4v) is 2.21. The van der Waals surface area contributed by atoms with Gasteiger partial charge in [-0.3, -0.25) is 4.84 Å². The quantitative estimate of drug-likeness (QED) is 0.410. The molecule has 2 aromatic heterocycles. The molecular formula is C12H17N6O+. The van der Waals surface area contributed by atoms with E-state index in [0.717, 1.165) is 24.6 Å². The average Bonchev–Trinajstić information content (AvgIpc) is 3.05. The highest BCUT2D eigenvalue weighted by Gasteiger charge is 2.28. The zero-order valence-electron chi connectivity index (χ0n) is 11.2. The SMILES string of the molecule is C[N+](C)=C(On1nnc2cccnc21)N1CCCC1. The number of hydrogen-bond acceptors (Lipinski definition) is 4. The minimum absolute atomic E-state index is 0.626. The molecule has 0 amide bonds. The Labute approximate surface area is 111 Å². The van der Waals surface area contributed by atoms with Crippen LogP contribution in [-0.4, -0.2) is 62.8 Å². The average molecular weight is 261 g/mol. The maximum absolute atomic E-state index is 5.86. The summed E-state index contributed by atoms with van der Waals surface area (Å²) in [6, 6.07) is 4.47. The van der Waals surface area contributed by atoms with E-state index in [0.29, 0.717) is 5.65 Å². The molecule has 0 spiro atoms. The monoisotopic (exact) mass is 261 g/mol. The number of aromatic nitrogens is 4. The van der Waals surface area contributed by atoms with Gasteiger partial charge in [-0.25, -0.2) is 14.5 Å². The standard InChI is InChI=1S/C12H17N6O/c1-16(2)12(17-8-3-4-9-17)19-18-11-10(14-15-18)6-5-7-13-11/h5-7H,3-4,8-9H2,1-2H3/q+1. The van der Waals surface area contributed by atoms with Crippen molar-refractivity contribution in [1.29, 1.82) is 0 Å². The van der Waals surface area contributed by atoms with Crippen LogP contribution in [0.2, 0.25) is 0 Å². The van der Waals surface area contributed by atoms with E-state index in [-0.39, 0.29) is 0 Å². The molecule has 0 radical (unpaired) electrons. The largest absolute Gasteiger partial charge is 0.472 e. The van der Waals surface area contributed by atoms with Crippen molar-refractivity contribution in [2.24, 2.45) is 0 Å². The molecule has 3 rings (SSSR count). The van der Waals surface area contributed by atoms with E-state index in [1.165, 1.54) is 17.7 Å². The van der Waals surface area contributed by atoms with Gasteiger partial charge in [-0.15, -0.1) is 5.10 Å². The summed E-state index contributed by atoms with van der Waals surface area (Å²) in [5, 5.41) is 8.03. The first kappa shape index (κ1) is 11.9. The third-order valence-electron chi connectivity index (χ3n) is 3.11. The van der Waals surface area contributed by atoms with E-state index < -0.39 is 0 Å². The van der Waals surface area contributed by atoms with Crippen molar-refractivity contribution in [3.05, 3.63) is 18.3 Å². The van der Waals surface area contributed by atoms with Crippen molar-refractivity contribution in [2.75, 3.05) is 27.2 Å². The molecule has 100 valence electrons. The molecule has 0 saturated carbocycles. The molecule has 1 saturated heterocycles. The Morgan fingerprint density at radius 2 is 2.11 bits per heavy atom. The van der Waals surface area contributed by atoms with Crippen molar-refractivity contribution < 1.29 is 9.41 Å². The van der Waals surface area contributed by atoms with Crippen LogP contribution >= 0.6 is 0 Å². The first-order valence-corrected chi connectivity index (χ1v) is 6.40. The Hall–Kier alpha value is -2.18. The number of rotatable bonds is 1. The summed E-state index contributed by atoms with van der Waals surface area (Å²) in [5.74, 6) is 0. The molecule has 0 bridgehead atoms. The van der Waals surface area contributed by atoms with Crippen LogP contribution in [0.5, 0.6) is 0 Å². The molecule has 1 fully saturated rings. The lowest BCUT2D eigenvalue weighted by Gasteiger charge is -2.13.